The molecular formula is C22H21ClN2O3. The van der Waals surface area contributed by atoms with Crippen molar-refractivity contribution >= 4 is 34.4 Å². The van der Waals surface area contributed by atoms with Gasteiger partial charge >= 0.3 is 6.09 Å². The van der Waals surface area contributed by atoms with Crippen LogP contribution in [0.4, 0.5) is 4.79 Å². The highest BCUT2D eigenvalue weighted by molar-refractivity contribution is 6.35. The van der Waals surface area contributed by atoms with Crippen LogP contribution in [0.25, 0.3) is 10.9 Å². The molecule has 3 aromatic rings. The number of rotatable bonds is 2. The molecule has 144 valence electrons. The normalized spacial score (nSPS) is 16.2. The van der Waals surface area contributed by atoms with Gasteiger partial charge in [0.25, 0.3) is 0 Å². The average molecular weight is 397 g/mol. The van der Waals surface area contributed by atoms with Gasteiger partial charge in [0.1, 0.15) is 5.60 Å². The van der Waals surface area contributed by atoms with Crippen LogP contribution in [0.3, 0.4) is 0 Å². The molecular weight excluding hydrogens is 376 g/mol. The van der Waals surface area contributed by atoms with Crippen molar-refractivity contribution in [1.29, 1.82) is 0 Å². The largest absolute Gasteiger partial charge is 0.443 e. The Labute approximate surface area is 168 Å². The summed E-state index contributed by atoms with van der Waals surface area (Å²) < 4.78 is 6.89. The zero-order valence-electron chi connectivity index (χ0n) is 16.0. The molecule has 0 aliphatic carbocycles. The first-order valence-corrected chi connectivity index (χ1v) is 9.53. The minimum absolute atomic E-state index is 0.192. The quantitative estimate of drug-likeness (QED) is 0.612. The predicted octanol–water partition coefficient (Wildman–Crippen LogP) is 5.11. The van der Waals surface area contributed by atoms with Gasteiger partial charge in [-0.1, -0.05) is 41.9 Å². The molecule has 1 aromatic heterocycles. The van der Waals surface area contributed by atoms with Crippen LogP contribution in [-0.2, 0) is 11.3 Å². The number of nitrogens with one attached hydrogen (secondary N) is 1. The fraction of sp³-hybridized carbons (Fsp3) is 0.273. The molecule has 0 spiro atoms. The number of nitrogens with zero attached hydrogens (tertiary/aromatic N) is 1. The van der Waals surface area contributed by atoms with E-state index in [-0.39, 0.29) is 11.5 Å². The molecule has 2 aromatic carbocycles. The summed E-state index contributed by atoms with van der Waals surface area (Å²) in [4.78, 5) is 26.4. The Morgan fingerprint density at radius 1 is 1.14 bits per heavy atom. The van der Waals surface area contributed by atoms with Crippen LogP contribution in [0, 0.1) is 0 Å². The molecule has 28 heavy (non-hydrogen) atoms. The number of benzene rings is 2. The van der Waals surface area contributed by atoms with Crippen LogP contribution < -0.4 is 5.32 Å². The Bertz CT molecular complexity index is 1090. The highest BCUT2D eigenvalue weighted by Gasteiger charge is 2.33. The van der Waals surface area contributed by atoms with Gasteiger partial charge in [0.15, 0.2) is 0 Å². The Hall–Kier alpha value is -2.63. The first-order valence-electron chi connectivity index (χ1n) is 9.15. The van der Waals surface area contributed by atoms with Crippen molar-refractivity contribution in [3.63, 3.8) is 0 Å². The highest BCUT2D eigenvalue weighted by Crippen LogP contribution is 2.33. The molecule has 0 saturated heterocycles. The van der Waals surface area contributed by atoms with Gasteiger partial charge in [-0.2, -0.15) is 0 Å². The number of Topliss-reactive ketones (excluding diaryl/α,β-unsaturated/α-hetero) is 1. The van der Waals surface area contributed by atoms with E-state index in [1.165, 1.54) is 4.57 Å². The van der Waals surface area contributed by atoms with Gasteiger partial charge in [0.05, 0.1) is 17.3 Å². The summed E-state index contributed by atoms with van der Waals surface area (Å²) in [5.41, 5.74) is 2.13. The van der Waals surface area contributed by atoms with Gasteiger partial charge in [-0.05, 0) is 50.1 Å². The molecule has 2 heterocycles. The monoisotopic (exact) mass is 396 g/mol. The van der Waals surface area contributed by atoms with E-state index in [0.29, 0.717) is 22.5 Å². The summed E-state index contributed by atoms with van der Waals surface area (Å²) >= 11 is 6.33. The minimum atomic E-state index is -0.690. The van der Waals surface area contributed by atoms with Crippen molar-refractivity contribution in [2.24, 2.45) is 0 Å². The van der Waals surface area contributed by atoms with Crippen molar-refractivity contribution in [3.8, 4) is 0 Å². The van der Waals surface area contributed by atoms with Gasteiger partial charge in [0.2, 0.25) is 5.78 Å². The van der Waals surface area contributed by atoms with Gasteiger partial charge in [-0.25, -0.2) is 9.36 Å². The van der Waals surface area contributed by atoms with Gasteiger partial charge < -0.3 is 4.74 Å². The first kappa shape index (κ1) is 18.7. The number of fused-ring (bicyclic) bond motifs is 2. The molecule has 1 atom stereocenters. The summed E-state index contributed by atoms with van der Waals surface area (Å²) in [7, 11) is 0. The highest BCUT2D eigenvalue weighted by atomic mass is 35.5. The Kier molecular flexibility index (Phi) is 4.52. The molecule has 4 rings (SSSR count). The lowest BCUT2D eigenvalue weighted by Crippen LogP contribution is -2.31. The van der Waals surface area contributed by atoms with Crippen molar-refractivity contribution in [3.05, 3.63) is 70.4 Å². The van der Waals surface area contributed by atoms with E-state index in [1.54, 1.807) is 45.0 Å². The zero-order valence-corrected chi connectivity index (χ0v) is 16.7. The molecule has 1 N–H and O–H groups in total. The fourth-order valence-corrected chi connectivity index (χ4v) is 3.78. The third-order valence-corrected chi connectivity index (χ3v) is 5.08. The standard InChI is InChI=1S/C22H21ClN2O3/c1-22(2,3)28-21(27)25-17-10-6-9-16(23)15(17)11-18(25)20(26)19-14-8-5-4-7-13(14)12-24-19/h4-11,19,24H,12H2,1-3H3. The molecule has 0 amide bonds. The van der Waals surface area contributed by atoms with Crippen LogP contribution in [-0.4, -0.2) is 22.0 Å². The number of hydrogen-bond acceptors (Lipinski definition) is 4. The second-order valence-electron chi connectivity index (χ2n) is 7.89. The number of aromatic nitrogens is 1. The number of hydrogen-bond donors (Lipinski definition) is 1. The van der Waals surface area contributed by atoms with Crippen LogP contribution in [0.5, 0.6) is 0 Å². The van der Waals surface area contributed by atoms with Crippen molar-refractivity contribution in [1.82, 2.24) is 9.88 Å². The summed E-state index contributed by atoms with van der Waals surface area (Å²) in [5.74, 6) is -0.192. The Balaban J connectivity index is 1.85. The zero-order chi connectivity index (χ0) is 20.1. The Morgan fingerprint density at radius 2 is 1.89 bits per heavy atom. The number of carbonyl (C=O) groups is 2. The van der Waals surface area contributed by atoms with Crippen LogP contribution in [0.15, 0.2) is 48.5 Å². The van der Waals surface area contributed by atoms with Crippen LogP contribution >= 0.6 is 11.6 Å². The van der Waals surface area contributed by atoms with Gasteiger partial charge in [0, 0.05) is 17.0 Å². The predicted molar refractivity (Wildman–Crippen MR) is 109 cm³/mol. The molecule has 0 radical (unpaired) electrons. The third-order valence-electron chi connectivity index (χ3n) is 4.75. The van der Waals surface area contributed by atoms with Crippen molar-refractivity contribution in [2.75, 3.05) is 0 Å². The number of carbonyl (C=O) groups excluding carboxylic acids is 2. The first-order chi connectivity index (χ1) is 13.3. The number of ether oxygens (including phenoxy) is 1. The van der Waals surface area contributed by atoms with E-state index in [9.17, 15) is 9.59 Å². The molecule has 5 nitrogen and oxygen atoms in total. The lowest BCUT2D eigenvalue weighted by molar-refractivity contribution is 0.0534. The molecule has 6 heteroatoms. The second kappa shape index (κ2) is 6.76. The van der Waals surface area contributed by atoms with Gasteiger partial charge in [-0.3, -0.25) is 10.1 Å². The fourth-order valence-electron chi connectivity index (χ4n) is 3.56. The van der Waals surface area contributed by atoms with E-state index >= 15 is 0 Å². The third kappa shape index (κ3) is 3.21. The lowest BCUT2D eigenvalue weighted by atomic mass is 10.00. The van der Waals surface area contributed by atoms with Crippen LogP contribution in [0.1, 0.15) is 48.4 Å². The number of halogens is 1. The molecule has 0 saturated carbocycles. The SMILES string of the molecule is CC(C)(C)OC(=O)n1c(C(=O)C2NCc3ccccc32)cc2c(Cl)cccc21. The average Bonchev–Trinajstić information content (AvgIpc) is 3.22. The smallest absolute Gasteiger partial charge is 0.419 e. The maximum absolute atomic E-state index is 13.4. The summed E-state index contributed by atoms with van der Waals surface area (Å²) in [6, 6.07) is 14.2. The summed E-state index contributed by atoms with van der Waals surface area (Å²) in [6.45, 7) is 5.99. The second-order valence-corrected chi connectivity index (χ2v) is 8.30. The molecule has 1 unspecified atom stereocenters. The lowest BCUT2D eigenvalue weighted by Gasteiger charge is -2.21. The van der Waals surface area contributed by atoms with E-state index in [2.05, 4.69) is 5.32 Å². The topological polar surface area (TPSA) is 60.3 Å². The summed E-state index contributed by atoms with van der Waals surface area (Å²) in [5, 5.41) is 4.37. The maximum atomic E-state index is 13.4. The molecule has 0 fully saturated rings. The van der Waals surface area contributed by atoms with Crippen molar-refractivity contribution < 1.29 is 14.3 Å². The number of ketones is 1. The minimum Gasteiger partial charge on any atom is -0.443 e. The maximum Gasteiger partial charge on any atom is 0.419 e. The van der Waals surface area contributed by atoms with Crippen molar-refractivity contribution in [2.45, 2.75) is 39.0 Å². The van der Waals surface area contributed by atoms with Crippen LogP contribution in [0.2, 0.25) is 5.02 Å². The van der Waals surface area contributed by atoms with E-state index in [1.807, 2.05) is 24.3 Å². The Morgan fingerprint density at radius 3 is 2.64 bits per heavy atom. The molecule has 0 bridgehead atoms. The van der Waals surface area contributed by atoms with E-state index in [0.717, 1.165) is 11.1 Å². The molecule has 1 aliphatic rings. The molecule has 1 aliphatic heterocycles. The van der Waals surface area contributed by atoms with E-state index in [4.69, 9.17) is 16.3 Å². The van der Waals surface area contributed by atoms with Gasteiger partial charge in [-0.15, -0.1) is 0 Å². The summed E-state index contributed by atoms with van der Waals surface area (Å²) in [6.07, 6.45) is -0.598. The van der Waals surface area contributed by atoms with E-state index < -0.39 is 17.7 Å².